The molecule has 0 spiro atoms. The molecule has 9 heteroatoms. The maximum absolute atomic E-state index is 10.6. The van der Waals surface area contributed by atoms with Gasteiger partial charge < -0.3 is 14.4 Å². The van der Waals surface area contributed by atoms with Gasteiger partial charge in [0, 0.05) is 56.5 Å². The number of ether oxygens (including phenoxy) is 1. The lowest BCUT2D eigenvalue weighted by atomic mass is 10.1. The van der Waals surface area contributed by atoms with Crippen LogP contribution >= 0.6 is 22.9 Å². The number of aliphatic hydroxyl groups is 1. The van der Waals surface area contributed by atoms with Crippen molar-refractivity contribution in [3.8, 4) is 17.1 Å². The highest BCUT2D eigenvalue weighted by Crippen LogP contribution is 2.29. The number of piperazine rings is 1. The summed E-state index contributed by atoms with van der Waals surface area (Å²) < 4.78 is 12.5. The number of thiazole rings is 1. The fourth-order valence-electron chi connectivity index (χ4n) is 4.52. The second-order valence-electron chi connectivity index (χ2n) is 9.07. The summed E-state index contributed by atoms with van der Waals surface area (Å²) >= 11 is 7.95. The summed E-state index contributed by atoms with van der Waals surface area (Å²) in [5.41, 5.74) is 2.68. The van der Waals surface area contributed by atoms with Gasteiger partial charge in [0.2, 0.25) is 0 Å². The van der Waals surface area contributed by atoms with Crippen LogP contribution in [0.15, 0.2) is 53.1 Å². The number of fused-ring (bicyclic) bond motifs is 1. The van der Waals surface area contributed by atoms with E-state index in [0.29, 0.717) is 23.4 Å². The molecule has 0 unspecified atom stereocenters. The van der Waals surface area contributed by atoms with Crippen LogP contribution in [0.3, 0.4) is 0 Å². The Morgan fingerprint density at radius 1 is 1.23 bits per heavy atom. The molecule has 2 aromatic heterocycles. The van der Waals surface area contributed by atoms with Gasteiger partial charge in [-0.1, -0.05) is 28.9 Å². The van der Waals surface area contributed by atoms with Crippen LogP contribution in [-0.4, -0.2) is 70.0 Å². The Bertz CT molecular complexity index is 1290. The van der Waals surface area contributed by atoms with Gasteiger partial charge >= 0.3 is 0 Å². The predicted octanol–water partition coefficient (Wildman–Crippen LogP) is 4.86. The van der Waals surface area contributed by atoms with E-state index in [4.69, 9.17) is 20.9 Å². The highest BCUT2D eigenvalue weighted by molar-refractivity contribution is 7.18. The molecule has 4 aromatic rings. The number of hydrogen-bond donors (Lipinski definition) is 1. The summed E-state index contributed by atoms with van der Waals surface area (Å²) in [6.07, 6.45) is -0.564. The van der Waals surface area contributed by atoms with Crippen LogP contribution in [0.4, 0.5) is 0 Å². The van der Waals surface area contributed by atoms with E-state index in [9.17, 15) is 5.11 Å². The Hall–Kier alpha value is -2.49. The molecular formula is C26H29ClN4O3S. The van der Waals surface area contributed by atoms with Gasteiger partial charge in [-0.15, -0.1) is 11.3 Å². The van der Waals surface area contributed by atoms with Crippen LogP contribution in [-0.2, 0) is 6.54 Å². The minimum Gasteiger partial charge on any atom is -0.491 e. The maximum atomic E-state index is 10.6. The fourth-order valence-corrected chi connectivity index (χ4v) is 5.55. The predicted molar refractivity (Wildman–Crippen MR) is 139 cm³/mol. The van der Waals surface area contributed by atoms with Gasteiger partial charge in [0.25, 0.3) is 0 Å². The second-order valence-corrected chi connectivity index (χ2v) is 10.7. The number of aromatic nitrogens is 2. The van der Waals surface area contributed by atoms with Crippen LogP contribution in [0, 0.1) is 6.92 Å². The number of benzene rings is 2. The highest BCUT2D eigenvalue weighted by Gasteiger charge is 2.26. The van der Waals surface area contributed by atoms with Crippen molar-refractivity contribution in [3.63, 3.8) is 0 Å². The van der Waals surface area contributed by atoms with Crippen molar-refractivity contribution >= 4 is 33.2 Å². The summed E-state index contributed by atoms with van der Waals surface area (Å²) in [6.45, 7) is 8.40. The van der Waals surface area contributed by atoms with Crippen LogP contribution in [0.5, 0.6) is 5.75 Å². The molecule has 0 bridgehead atoms. The number of aliphatic hydroxyl groups excluding tert-OH is 1. The lowest BCUT2D eigenvalue weighted by Gasteiger charge is -2.40. The molecule has 0 aliphatic carbocycles. The van der Waals surface area contributed by atoms with Gasteiger partial charge in [-0.25, -0.2) is 4.98 Å². The molecule has 0 amide bonds. The van der Waals surface area contributed by atoms with E-state index in [1.54, 1.807) is 11.3 Å². The molecule has 2 atom stereocenters. The van der Waals surface area contributed by atoms with Crippen LogP contribution in [0.2, 0.25) is 5.02 Å². The van der Waals surface area contributed by atoms with Crippen LogP contribution in [0.25, 0.3) is 21.5 Å². The Balaban J connectivity index is 1.10. The number of halogens is 1. The van der Waals surface area contributed by atoms with Gasteiger partial charge in [0.1, 0.15) is 18.5 Å². The minimum absolute atomic E-state index is 0.255. The van der Waals surface area contributed by atoms with E-state index in [2.05, 4.69) is 26.9 Å². The Labute approximate surface area is 213 Å². The van der Waals surface area contributed by atoms with Crippen molar-refractivity contribution < 1.29 is 14.4 Å². The summed E-state index contributed by atoms with van der Waals surface area (Å²) in [6, 6.07) is 15.8. The number of nitrogens with zero attached hydrogens (tertiary/aromatic N) is 4. The SMILES string of the molecule is Cc1nc2cc(OC[C@@H](O)CN3CCN(Cc4cc(-c5ccccc5Cl)on4)C[C@@H]3C)ccc2s1. The van der Waals surface area contributed by atoms with Crippen LogP contribution < -0.4 is 4.74 Å². The number of hydrogen-bond acceptors (Lipinski definition) is 8. The smallest absolute Gasteiger partial charge is 0.168 e. The molecule has 35 heavy (non-hydrogen) atoms. The van der Waals surface area contributed by atoms with Crippen molar-refractivity contribution in [2.45, 2.75) is 32.5 Å². The van der Waals surface area contributed by atoms with E-state index >= 15 is 0 Å². The Morgan fingerprint density at radius 2 is 2.09 bits per heavy atom. The molecule has 0 radical (unpaired) electrons. The topological polar surface area (TPSA) is 74.9 Å². The van der Waals surface area contributed by atoms with Crippen LogP contribution in [0.1, 0.15) is 17.6 Å². The largest absolute Gasteiger partial charge is 0.491 e. The first-order chi connectivity index (χ1) is 16.9. The molecule has 3 heterocycles. The van der Waals surface area contributed by atoms with Crippen molar-refractivity contribution in [2.24, 2.45) is 0 Å². The summed E-state index contributed by atoms with van der Waals surface area (Å²) in [5, 5.41) is 16.5. The molecule has 1 aliphatic rings. The average molecular weight is 513 g/mol. The number of β-amino-alcohol motifs (C(OH)–C–C–N with tert-alkyl or cyclic N) is 1. The summed E-state index contributed by atoms with van der Waals surface area (Å²) in [7, 11) is 0. The lowest BCUT2D eigenvalue weighted by molar-refractivity contribution is 0.0192. The monoisotopic (exact) mass is 512 g/mol. The number of rotatable bonds is 8. The molecule has 7 nitrogen and oxygen atoms in total. The highest BCUT2D eigenvalue weighted by atomic mass is 35.5. The minimum atomic E-state index is -0.564. The molecule has 1 aliphatic heterocycles. The fraction of sp³-hybridized carbons (Fsp3) is 0.385. The number of aryl methyl sites for hydroxylation is 1. The third kappa shape index (κ3) is 5.85. The Kier molecular flexibility index (Phi) is 7.36. The van der Waals surface area contributed by atoms with Gasteiger partial charge in [-0.05, 0) is 38.1 Å². The standard InChI is InChI=1S/C26H29ClN4O3S/c1-17-13-30(14-19-11-25(34-29-19)22-5-3-4-6-23(22)27)9-10-31(17)15-20(32)16-33-21-7-8-26-24(12-21)28-18(2)35-26/h3-8,11-12,17,20,32H,9-10,13-16H2,1-2H3/t17-,20-/m0/s1. The van der Waals surface area contributed by atoms with E-state index in [0.717, 1.165) is 58.4 Å². The lowest BCUT2D eigenvalue weighted by Crippen LogP contribution is -2.53. The third-order valence-corrected chi connectivity index (χ3v) is 7.57. The van der Waals surface area contributed by atoms with Gasteiger partial charge in [-0.2, -0.15) is 0 Å². The van der Waals surface area contributed by atoms with Gasteiger partial charge in [0.15, 0.2) is 5.76 Å². The first kappa shape index (κ1) is 24.2. The molecule has 2 aromatic carbocycles. The zero-order chi connectivity index (χ0) is 24.4. The molecular weight excluding hydrogens is 484 g/mol. The molecule has 184 valence electrons. The summed E-state index contributed by atoms with van der Waals surface area (Å²) in [4.78, 5) is 9.19. The first-order valence-electron chi connectivity index (χ1n) is 11.8. The van der Waals surface area contributed by atoms with Crippen molar-refractivity contribution in [2.75, 3.05) is 32.8 Å². The average Bonchev–Trinajstić information content (AvgIpc) is 3.45. The third-order valence-electron chi connectivity index (χ3n) is 6.29. The molecule has 0 saturated carbocycles. The van der Waals surface area contributed by atoms with Gasteiger partial charge in [-0.3, -0.25) is 9.80 Å². The van der Waals surface area contributed by atoms with E-state index in [-0.39, 0.29) is 6.61 Å². The van der Waals surface area contributed by atoms with E-state index in [1.165, 1.54) is 0 Å². The van der Waals surface area contributed by atoms with Gasteiger partial charge in [0.05, 0.1) is 25.9 Å². The first-order valence-corrected chi connectivity index (χ1v) is 13.0. The van der Waals surface area contributed by atoms with Crippen molar-refractivity contribution in [3.05, 3.63) is 64.3 Å². The Morgan fingerprint density at radius 3 is 2.91 bits per heavy atom. The summed E-state index contributed by atoms with van der Waals surface area (Å²) in [5.74, 6) is 1.42. The zero-order valence-corrected chi connectivity index (χ0v) is 21.4. The van der Waals surface area contributed by atoms with Crippen molar-refractivity contribution in [1.29, 1.82) is 0 Å². The molecule has 1 N–H and O–H groups in total. The normalized spacial score (nSPS) is 18.2. The van der Waals surface area contributed by atoms with E-state index < -0.39 is 6.10 Å². The molecule has 5 rings (SSSR count). The van der Waals surface area contributed by atoms with E-state index in [1.807, 2.05) is 55.5 Å². The molecule has 1 fully saturated rings. The quantitative estimate of drug-likeness (QED) is 0.361. The molecule has 1 saturated heterocycles. The van der Waals surface area contributed by atoms with Crippen molar-refractivity contribution in [1.82, 2.24) is 19.9 Å². The second kappa shape index (κ2) is 10.6. The maximum Gasteiger partial charge on any atom is 0.168 e. The zero-order valence-electron chi connectivity index (χ0n) is 19.9.